The number of thiophene rings is 1. The largest absolute Gasteiger partial charge is 0.508 e. The molecule has 0 aliphatic heterocycles. The first-order chi connectivity index (χ1) is 16.9. The maximum Gasteiger partial charge on any atom is 0.255 e. The summed E-state index contributed by atoms with van der Waals surface area (Å²) in [6.45, 7) is 0. The highest BCUT2D eigenvalue weighted by molar-refractivity contribution is 7.08. The Morgan fingerprint density at radius 3 is 2.50 bits per heavy atom. The van der Waals surface area contributed by atoms with Crippen LogP contribution in [0.2, 0.25) is 0 Å². The van der Waals surface area contributed by atoms with Crippen molar-refractivity contribution in [3.05, 3.63) is 50.9 Å². The van der Waals surface area contributed by atoms with Gasteiger partial charge in [0, 0.05) is 11.5 Å². The van der Waals surface area contributed by atoms with Gasteiger partial charge in [-0.05, 0) is 72.4 Å². The van der Waals surface area contributed by atoms with E-state index in [0.29, 0.717) is 11.1 Å². The van der Waals surface area contributed by atoms with Crippen molar-refractivity contribution in [3.63, 3.8) is 0 Å². The van der Waals surface area contributed by atoms with Crippen LogP contribution in [0, 0.1) is 11.8 Å². The number of aromatic hydroxyl groups is 1. The first-order valence-corrected chi connectivity index (χ1v) is 12.2. The molecule has 0 radical (unpaired) electrons. The van der Waals surface area contributed by atoms with Crippen LogP contribution in [0.15, 0.2) is 39.8 Å². The van der Waals surface area contributed by atoms with Crippen LogP contribution in [0.1, 0.15) is 17.5 Å². The van der Waals surface area contributed by atoms with E-state index in [1.807, 2.05) is 16.8 Å². The van der Waals surface area contributed by atoms with Crippen molar-refractivity contribution in [2.45, 2.75) is 24.5 Å². The normalized spacial score (nSPS) is 27.7. The fourth-order valence-corrected chi connectivity index (χ4v) is 6.66. The van der Waals surface area contributed by atoms with Gasteiger partial charge < -0.3 is 31.9 Å². The lowest BCUT2D eigenvalue weighted by atomic mass is 9.57. The minimum absolute atomic E-state index is 0.00455. The number of hydrogen-bond acceptors (Lipinski definition) is 10. The van der Waals surface area contributed by atoms with Gasteiger partial charge in [0.2, 0.25) is 5.78 Å². The Labute approximate surface area is 209 Å². The van der Waals surface area contributed by atoms with Crippen LogP contribution in [0.3, 0.4) is 0 Å². The smallest absolute Gasteiger partial charge is 0.255 e. The highest BCUT2D eigenvalue weighted by Crippen LogP contribution is 2.54. The summed E-state index contributed by atoms with van der Waals surface area (Å²) < 4.78 is 0. The maximum atomic E-state index is 13.8. The molecule has 1 aromatic carbocycles. The second-order valence-electron chi connectivity index (χ2n) is 9.69. The number of benzene rings is 1. The molecule has 0 saturated heterocycles. The predicted molar refractivity (Wildman–Crippen MR) is 132 cm³/mol. The molecule has 5 rings (SSSR count). The number of primary amides is 1. The first kappa shape index (κ1) is 24.0. The zero-order chi connectivity index (χ0) is 26.3. The highest BCUT2D eigenvalue weighted by atomic mass is 32.1. The monoisotopic (exact) mass is 511 g/mol. The Bertz CT molecular complexity index is 1410. The fourth-order valence-electron chi connectivity index (χ4n) is 6.01. The number of Topliss-reactive ketones (excluding diaryl/α,β-unsaturated/α-hetero) is 2. The average molecular weight is 512 g/mol. The van der Waals surface area contributed by atoms with Crippen molar-refractivity contribution in [3.8, 4) is 16.9 Å². The molecule has 1 saturated carbocycles. The number of fused-ring (bicyclic) bond motifs is 3. The van der Waals surface area contributed by atoms with Gasteiger partial charge in [-0.15, -0.1) is 0 Å². The number of nitrogens with zero attached hydrogens (tertiary/aromatic N) is 1. The van der Waals surface area contributed by atoms with E-state index in [4.69, 9.17) is 11.5 Å². The summed E-state index contributed by atoms with van der Waals surface area (Å²) in [5, 5.41) is 48.4. The molecule has 10 nitrogen and oxygen atoms in total. The number of nitrogens with two attached hydrogens (primary N) is 2. The van der Waals surface area contributed by atoms with Gasteiger partial charge in [-0.1, -0.05) is 0 Å². The van der Waals surface area contributed by atoms with Crippen molar-refractivity contribution < 1.29 is 34.8 Å². The van der Waals surface area contributed by atoms with Gasteiger partial charge in [0.15, 0.2) is 11.4 Å². The number of phenolic OH excluding ortho intramolecular Hbond substituents is 1. The Hall–Kier alpha value is -3.67. The van der Waals surface area contributed by atoms with E-state index in [-0.39, 0.29) is 29.7 Å². The van der Waals surface area contributed by atoms with Crippen LogP contribution < -0.4 is 11.5 Å². The summed E-state index contributed by atoms with van der Waals surface area (Å²) in [6.07, 6.45) is 0.230. The second kappa shape index (κ2) is 7.92. The molecule has 0 bridgehead atoms. The first-order valence-electron chi connectivity index (χ1n) is 11.2. The van der Waals surface area contributed by atoms with Gasteiger partial charge in [-0.25, -0.2) is 0 Å². The van der Waals surface area contributed by atoms with Crippen molar-refractivity contribution in [1.29, 1.82) is 0 Å². The molecule has 1 aromatic heterocycles. The van der Waals surface area contributed by atoms with E-state index < -0.39 is 63.8 Å². The lowest BCUT2D eigenvalue weighted by Crippen LogP contribution is -2.65. The third-order valence-electron chi connectivity index (χ3n) is 7.58. The molecule has 188 valence electrons. The van der Waals surface area contributed by atoms with Gasteiger partial charge in [0.25, 0.3) is 5.91 Å². The minimum atomic E-state index is -2.67. The Morgan fingerprint density at radius 1 is 1.22 bits per heavy atom. The van der Waals surface area contributed by atoms with Crippen LogP contribution in [-0.2, 0) is 20.8 Å². The minimum Gasteiger partial charge on any atom is -0.508 e. The molecule has 0 spiro atoms. The molecule has 1 fully saturated rings. The number of carbonyl (C=O) groups is 3. The number of amides is 1. The fraction of sp³-hybridized carbons (Fsp3) is 0.320. The van der Waals surface area contributed by atoms with Gasteiger partial charge in [0.05, 0.1) is 17.3 Å². The van der Waals surface area contributed by atoms with E-state index in [2.05, 4.69) is 0 Å². The van der Waals surface area contributed by atoms with Crippen molar-refractivity contribution >= 4 is 40.3 Å². The molecule has 11 heteroatoms. The number of anilines is 1. The third-order valence-corrected chi connectivity index (χ3v) is 8.27. The molecule has 3 aliphatic carbocycles. The number of nitrogen functional groups attached to an aromatic ring is 1. The van der Waals surface area contributed by atoms with Crippen molar-refractivity contribution in [2.24, 2.45) is 17.6 Å². The summed E-state index contributed by atoms with van der Waals surface area (Å²) in [4.78, 5) is 40.5. The zero-order valence-corrected chi connectivity index (χ0v) is 20.3. The molecule has 1 amide bonds. The summed E-state index contributed by atoms with van der Waals surface area (Å²) in [7, 11) is 3.12. The van der Waals surface area contributed by atoms with E-state index >= 15 is 0 Å². The van der Waals surface area contributed by atoms with Gasteiger partial charge in [-0.2, -0.15) is 11.3 Å². The standard InChI is InChI=1S/C25H25N3O7S/c1-28(2)18-13-6-10-5-12-11(9-3-4-36-8-9)7-14(26)19(29)16(12)20(30)15(10)22(32)25(13,35)23(33)17(21(18)31)24(27)34/h3-4,7-8,10,13,18,29-30,33,35H,5-6,26H2,1-2H3,(H2,27,34). The van der Waals surface area contributed by atoms with E-state index in [0.717, 1.165) is 5.56 Å². The van der Waals surface area contributed by atoms with Crippen molar-refractivity contribution in [1.82, 2.24) is 4.90 Å². The number of aliphatic hydroxyl groups is 3. The number of ketones is 2. The molecular formula is C25H25N3O7S. The number of carbonyl (C=O) groups excluding carboxylic acids is 3. The third kappa shape index (κ3) is 3.00. The van der Waals surface area contributed by atoms with Crippen molar-refractivity contribution in [2.75, 3.05) is 19.8 Å². The van der Waals surface area contributed by atoms with Crippen LogP contribution in [-0.4, -0.2) is 68.5 Å². The average Bonchev–Trinajstić information content (AvgIpc) is 3.33. The SMILES string of the molecule is CN(C)C1C(=O)C(C(N)=O)=C(O)C2(O)C(=O)C3=C(O)c4c(O)c(N)cc(-c5ccsc5)c4CC3CC12. The Kier molecular flexibility index (Phi) is 5.29. The predicted octanol–water partition coefficient (Wildman–Crippen LogP) is 1.27. The van der Waals surface area contributed by atoms with Crippen LogP contribution in [0.5, 0.6) is 5.75 Å². The van der Waals surface area contributed by atoms with Gasteiger partial charge >= 0.3 is 0 Å². The van der Waals surface area contributed by atoms with E-state index in [9.17, 15) is 34.8 Å². The zero-order valence-electron chi connectivity index (χ0n) is 19.5. The number of rotatable bonds is 3. The lowest BCUT2D eigenvalue weighted by Gasteiger charge is -2.50. The summed E-state index contributed by atoms with van der Waals surface area (Å²) in [6, 6.07) is 2.35. The van der Waals surface area contributed by atoms with Gasteiger partial charge in [0.1, 0.15) is 22.8 Å². The van der Waals surface area contributed by atoms with Crippen LogP contribution in [0.4, 0.5) is 5.69 Å². The molecule has 4 unspecified atom stereocenters. The number of phenols is 1. The Morgan fingerprint density at radius 2 is 1.92 bits per heavy atom. The van der Waals surface area contributed by atoms with E-state index in [1.54, 1.807) is 20.2 Å². The van der Waals surface area contributed by atoms with Crippen LogP contribution >= 0.6 is 11.3 Å². The summed E-state index contributed by atoms with van der Waals surface area (Å²) in [5.74, 6) is -6.97. The number of likely N-dealkylation sites (N-methyl/N-ethyl adjacent to an activating group) is 1. The lowest BCUT2D eigenvalue weighted by molar-refractivity contribution is -0.153. The molecule has 8 N–H and O–H groups in total. The molecule has 3 aliphatic rings. The van der Waals surface area contributed by atoms with E-state index in [1.165, 1.54) is 16.2 Å². The van der Waals surface area contributed by atoms with Crippen LogP contribution in [0.25, 0.3) is 16.9 Å². The Balaban J connectivity index is 1.77. The molecule has 4 atom stereocenters. The topological polar surface area (TPSA) is 187 Å². The molecule has 36 heavy (non-hydrogen) atoms. The molecule has 1 heterocycles. The number of hydrogen-bond donors (Lipinski definition) is 6. The number of aliphatic hydroxyl groups excluding tert-OH is 2. The summed E-state index contributed by atoms with van der Waals surface area (Å²) in [5.41, 5.74) is 9.70. The summed E-state index contributed by atoms with van der Waals surface area (Å²) >= 11 is 1.46. The quantitative estimate of drug-likeness (QED) is 0.200. The second-order valence-corrected chi connectivity index (χ2v) is 10.5. The maximum absolute atomic E-state index is 13.8. The molecule has 2 aromatic rings. The molecular weight excluding hydrogens is 486 g/mol. The van der Waals surface area contributed by atoms with Gasteiger partial charge in [-0.3, -0.25) is 19.3 Å². The highest BCUT2D eigenvalue weighted by Gasteiger charge is 2.64.